The maximum Gasteiger partial charge on any atom is 0.268 e. The van der Waals surface area contributed by atoms with Gasteiger partial charge in [-0.3, -0.25) is 4.57 Å². The molecule has 0 spiro atoms. The minimum absolute atomic E-state index is 0.488. The smallest absolute Gasteiger partial charge is 0.268 e. The zero-order valence-electron chi connectivity index (χ0n) is 7.33. The average Bonchev–Trinajstić information content (AvgIpc) is 2.72. The molecule has 72 valence electrons. The van der Waals surface area contributed by atoms with Gasteiger partial charge < -0.3 is 4.89 Å². The molecule has 0 bridgehead atoms. The van der Waals surface area contributed by atoms with Gasteiger partial charge in [0.05, 0.1) is 4.62 Å². The lowest BCUT2D eigenvalue weighted by molar-refractivity contribution is 0.501. The Balaban J connectivity index is 2.49. The fourth-order valence-electron chi connectivity index (χ4n) is 1.20. The van der Waals surface area contributed by atoms with Gasteiger partial charge in [0.15, 0.2) is 0 Å². The highest BCUT2D eigenvalue weighted by atomic mass is 32.1. The predicted molar refractivity (Wildman–Crippen MR) is 59.9 cm³/mol. The third-order valence-electron chi connectivity index (χ3n) is 1.91. The summed E-state index contributed by atoms with van der Waals surface area (Å²) in [5.74, 6) is 0. The summed E-state index contributed by atoms with van der Waals surface area (Å²) < 4.78 is 12.6. The standard InChI is InChI=1S/C10H9O2PS/c11-13(12,10-7-4-8-14-10)9-5-2-1-3-6-9/h1-8H,(H,11,12). The Morgan fingerprint density at radius 1 is 1.07 bits per heavy atom. The maximum absolute atomic E-state index is 12.0. The van der Waals surface area contributed by atoms with E-state index in [1.807, 2.05) is 6.07 Å². The van der Waals surface area contributed by atoms with Gasteiger partial charge in [0.2, 0.25) is 0 Å². The fourth-order valence-corrected chi connectivity index (χ4v) is 3.84. The van der Waals surface area contributed by atoms with Crippen molar-refractivity contribution in [3.63, 3.8) is 0 Å². The zero-order valence-corrected chi connectivity index (χ0v) is 9.04. The van der Waals surface area contributed by atoms with E-state index < -0.39 is 7.37 Å². The Morgan fingerprint density at radius 2 is 1.79 bits per heavy atom. The SMILES string of the molecule is O=P(O)(c1ccccc1)c1cccs1. The first kappa shape index (κ1) is 9.66. The summed E-state index contributed by atoms with van der Waals surface area (Å²) in [5.41, 5.74) is 0. The van der Waals surface area contributed by atoms with E-state index >= 15 is 0 Å². The topological polar surface area (TPSA) is 37.3 Å². The van der Waals surface area contributed by atoms with Gasteiger partial charge >= 0.3 is 0 Å². The first-order valence-corrected chi connectivity index (χ1v) is 6.67. The molecule has 1 unspecified atom stereocenters. The van der Waals surface area contributed by atoms with Gasteiger partial charge in [0, 0.05) is 5.30 Å². The molecule has 4 heteroatoms. The number of hydrogen-bond acceptors (Lipinski definition) is 2. The fraction of sp³-hybridized carbons (Fsp3) is 0. The normalized spacial score (nSPS) is 14.9. The molecule has 0 saturated heterocycles. The molecule has 2 nitrogen and oxygen atoms in total. The molecule has 0 saturated carbocycles. The van der Waals surface area contributed by atoms with Crippen LogP contribution in [0.2, 0.25) is 0 Å². The third-order valence-corrected chi connectivity index (χ3v) is 5.39. The van der Waals surface area contributed by atoms with E-state index in [0.717, 1.165) is 0 Å². The van der Waals surface area contributed by atoms with E-state index in [1.165, 1.54) is 11.3 Å². The molecule has 0 radical (unpaired) electrons. The molecular formula is C10H9O2PS. The third kappa shape index (κ3) is 1.67. The molecule has 0 fully saturated rings. The van der Waals surface area contributed by atoms with Gasteiger partial charge in [-0.1, -0.05) is 24.3 Å². The lowest BCUT2D eigenvalue weighted by Crippen LogP contribution is -2.11. The second kappa shape index (κ2) is 3.70. The largest absolute Gasteiger partial charge is 0.337 e. The van der Waals surface area contributed by atoms with Crippen LogP contribution in [-0.2, 0) is 4.57 Å². The summed E-state index contributed by atoms with van der Waals surface area (Å²) in [6.45, 7) is 0. The number of rotatable bonds is 2. The quantitative estimate of drug-likeness (QED) is 0.792. The van der Waals surface area contributed by atoms with Crippen LogP contribution in [-0.4, -0.2) is 4.89 Å². The van der Waals surface area contributed by atoms with Crippen LogP contribution < -0.4 is 9.92 Å². The molecule has 1 N–H and O–H groups in total. The molecule has 1 heterocycles. The molecule has 2 aromatic rings. The van der Waals surface area contributed by atoms with Crippen molar-refractivity contribution in [3.05, 3.63) is 47.8 Å². The van der Waals surface area contributed by atoms with Crippen molar-refractivity contribution in [2.75, 3.05) is 0 Å². The Bertz CT molecular complexity index is 450. The van der Waals surface area contributed by atoms with Crippen molar-refractivity contribution in [2.24, 2.45) is 0 Å². The first-order chi connectivity index (χ1) is 6.71. The van der Waals surface area contributed by atoms with Crippen LogP contribution in [0.25, 0.3) is 0 Å². The van der Waals surface area contributed by atoms with E-state index in [4.69, 9.17) is 0 Å². The molecule has 1 aromatic heterocycles. The highest BCUT2D eigenvalue weighted by Crippen LogP contribution is 2.39. The van der Waals surface area contributed by atoms with Gasteiger partial charge in [-0.2, -0.15) is 0 Å². The lowest BCUT2D eigenvalue weighted by Gasteiger charge is -2.08. The minimum atomic E-state index is -3.33. The van der Waals surface area contributed by atoms with Gasteiger partial charge in [-0.25, -0.2) is 0 Å². The first-order valence-electron chi connectivity index (χ1n) is 4.14. The van der Waals surface area contributed by atoms with Crippen LogP contribution in [0, 0.1) is 0 Å². The van der Waals surface area contributed by atoms with Crippen LogP contribution >= 0.6 is 18.7 Å². The van der Waals surface area contributed by atoms with E-state index in [9.17, 15) is 9.46 Å². The summed E-state index contributed by atoms with van der Waals surface area (Å²) in [4.78, 5) is 9.91. The van der Waals surface area contributed by atoms with Crippen LogP contribution in [0.4, 0.5) is 0 Å². The number of thiophene rings is 1. The Hall–Kier alpha value is -0.890. The van der Waals surface area contributed by atoms with Crippen molar-refractivity contribution < 1.29 is 9.46 Å². The van der Waals surface area contributed by atoms with Crippen LogP contribution in [0.5, 0.6) is 0 Å². The van der Waals surface area contributed by atoms with Gasteiger partial charge in [-0.15, -0.1) is 11.3 Å². The summed E-state index contributed by atoms with van der Waals surface area (Å²) in [6, 6.07) is 12.2. The molecular weight excluding hydrogens is 215 g/mol. The summed E-state index contributed by atoms with van der Waals surface area (Å²) in [7, 11) is -3.33. The molecule has 0 aliphatic heterocycles. The maximum atomic E-state index is 12.0. The minimum Gasteiger partial charge on any atom is -0.337 e. The van der Waals surface area contributed by atoms with E-state index in [2.05, 4.69) is 0 Å². The van der Waals surface area contributed by atoms with Crippen molar-refractivity contribution in [1.82, 2.24) is 0 Å². The van der Waals surface area contributed by atoms with Crippen LogP contribution in [0.3, 0.4) is 0 Å². The van der Waals surface area contributed by atoms with Crippen molar-refractivity contribution >= 4 is 28.6 Å². The van der Waals surface area contributed by atoms with Crippen molar-refractivity contribution in [3.8, 4) is 0 Å². The monoisotopic (exact) mass is 224 g/mol. The Kier molecular flexibility index (Phi) is 2.55. The number of hydrogen-bond donors (Lipinski definition) is 1. The molecule has 1 atom stereocenters. The Labute approximate surface area is 86.3 Å². The van der Waals surface area contributed by atoms with Crippen LogP contribution in [0.15, 0.2) is 47.8 Å². The molecule has 0 amide bonds. The molecule has 14 heavy (non-hydrogen) atoms. The average molecular weight is 224 g/mol. The second-order valence-corrected chi connectivity index (χ2v) is 6.26. The zero-order chi connectivity index (χ0) is 10.0. The Morgan fingerprint density at radius 3 is 2.36 bits per heavy atom. The number of benzene rings is 1. The van der Waals surface area contributed by atoms with Gasteiger partial charge in [0.1, 0.15) is 0 Å². The van der Waals surface area contributed by atoms with E-state index in [-0.39, 0.29) is 0 Å². The predicted octanol–water partition coefficient (Wildman–Crippen LogP) is 1.97. The summed E-state index contributed by atoms with van der Waals surface area (Å²) >= 11 is 1.31. The van der Waals surface area contributed by atoms with Gasteiger partial charge in [-0.05, 0) is 23.6 Å². The summed E-state index contributed by atoms with van der Waals surface area (Å²) in [6.07, 6.45) is 0. The molecule has 2 rings (SSSR count). The van der Waals surface area contributed by atoms with E-state index in [0.29, 0.717) is 9.92 Å². The molecule has 0 aliphatic rings. The summed E-state index contributed by atoms with van der Waals surface area (Å²) in [5, 5.41) is 2.30. The van der Waals surface area contributed by atoms with E-state index in [1.54, 1.807) is 41.8 Å². The highest BCUT2D eigenvalue weighted by molar-refractivity contribution is 7.78. The molecule has 1 aromatic carbocycles. The second-order valence-electron chi connectivity index (χ2n) is 2.86. The lowest BCUT2D eigenvalue weighted by atomic mass is 10.4. The highest BCUT2D eigenvalue weighted by Gasteiger charge is 2.24. The molecule has 0 aliphatic carbocycles. The van der Waals surface area contributed by atoms with Crippen LogP contribution in [0.1, 0.15) is 0 Å². The van der Waals surface area contributed by atoms with Crippen molar-refractivity contribution in [1.29, 1.82) is 0 Å². The van der Waals surface area contributed by atoms with Crippen molar-refractivity contribution in [2.45, 2.75) is 0 Å². The van der Waals surface area contributed by atoms with Gasteiger partial charge in [0.25, 0.3) is 7.37 Å².